The number of anilines is 1. The SMILES string of the molecule is COC(=O)c1ccccc1NC(=O)CN1C(=O)S/C(=C\c2ccc(OC)c(OC)c2)C1=O. The van der Waals surface area contributed by atoms with Crippen LogP contribution in [0.25, 0.3) is 6.08 Å². The van der Waals surface area contributed by atoms with Crippen molar-refractivity contribution in [3.63, 3.8) is 0 Å². The Balaban J connectivity index is 1.74. The molecule has 10 heteroatoms. The van der Waals surface area contributed by atoms with E-state index in [9.17, 15) is 19.2 Å². The maximum absolute atomic E-state index is 12.7. The lowest BCUT2D eigenvalue weighted by atomic mass is 10.1. The molecule has 2 aromatic carbocycles. The molecule has 0 bridgehead atoms. The number of hydrogen-bond acceptors (Lipinski definition) is 8. The number of benzene rings is 2. The van der Waals surface area contributed by atoms with Crippen LogP contribution in [0.5, 0.6) is 11.5 Å². The predicted molar refractivity (Wildman–Crippen MR) is 119 cm³/mol. The highest BCUT2D eigenvalue weighted by atomic mass is 32.2. The summed E-state index contributed by atoms with van der Waals surface area (Å²) in [6.07, 6.45) is 1.54. The number of nitrogens with zero attached hydrogens (tertiary/aromatic N) is 1. The number of carbonyl (C=O) groups is 4. The Kier molecular flexibility index (Phi) is 7.16. The van der Waals surface area contributed by atoms with Crippen molar-refractivity contribution in [1.29, 1.82) is 0 Å². The van der Waals surface area contributed by atoms with E-state index in [0.717, 1.165) is 16.7 Å². The van der Waals surface area contributed by atoms with E-state index in [2.05, 4.69) is 5.32 Å². The minimum absolute atomic E-state index is 0.158. The number of hydrogen-bond donors (Lipinski definition) is 1. The number of imide groups is 1. The molecular formula is C22H20N2O7S. The van der Waals surface area contributed by atoms with Crippen LogP contribution in [0.2, 0.25) is 0 Å². The normalized spacial score (nSPS) is 14.5. The number of para-hydroxylation sites is 1. The highest BCUT2D eigenvalue weighted by Crippen LogP contribution is 2.34. The molecule has 3 amide bonds. The van der Waals surface area contributed by atoms with E-state index in [1.807, 2.05) is 0 Å². The van der Waals surface area contributed by atoms with Gasteiger partial charge in [0.05, 0.1) is 37.5 Å². The van der Waals surface area contributed by atoms with Gasteiger partial charge in [-0.15, -0.1) is 0 Å². The van der Waals surface area contributed by atoms with E-state index in [-0.39, 0.29) is 16.2 Å². The van der Waals surface area contributed by atoms with Gasteiger partial charge in [-0.3, -0.25) is 19.3 Å². The van der Waals surface area contributed by atoms with Crippen LogP contribution in [-0.2, 0) is 14.3 Å². The number of rotatable bonds is 7. The van der Waals surface area contributed by atoms with Gasteiger partial charge < -0.3 is 19.5 Å². The highest BCUT2D eigenvalue weighted by Gasteiger charge is 2.36. The molecule has 32 heavy (non-hydrogen) atoms. The van der Waals surface area contributed by atoms with Crippen LogP contribution in [0.4, 0.5) is 10.5 Å². The summed E-state index contributed by atoms with van der Waals surface area (Å²) in [6.45, 7) is -0.497. The smallest absolute Gasteiger partial charge is 0.339 e. The van der Waals surface area contributed by atoms with Gasteiger partial charge in [0.15, 0.2) is 11.5 Å². The summed E-state index contributed by atoms with van der Waals surface area (Å²) in [5.74, 6) is -0.835. The number of nitrogens with one attached hydrogen (secondary N) is 1. The summed E-state index contributed by atoms with van der Waals surface area (Å²) < 4.78 is 15.1. The third-order valence-electron chi connectivity index (χ3n) is 4.49. The average Bonchev–Trinajstić information content (AvgIpc) is 3.05. The minimum Gasteiger partial charge on any atom is -0.493 e. The van der Waals surface area contributed by atoms with Gasteiger partial charge in [0.1, 0.15) is 6.54 Å². The fourth-order valence-electron chi connectivity index (χ4n) is 2.94. The first-order valence-electron chi connectivity index (χ1n) is 9.32. The molecule has 1 saturated heterocycles. The molecule has 0 saturated carbocycles. The Morgan fingerprint density at radius 1 is 1.03 bits per heavy atom. The van der Waals surface area contributed by atoms with Gasteiger partial charge in [0.2, 0.25) is 5.91 Å². The summed E-state index contributed by atoms with van der Waals surface area (Å²) in [5, 5.41) is 1.97. The van der Waals surface area contributed by atoms with Gasteiger partial charge >= 0.3 is 5.97 Å². The highest BCUT2D eigenvalue weighted by molar-refractivity contribution is 8.18. The quantitative estimate of drug-likeness (QED) is 0.500. The molecule has 1 heterocycles. The van der Waals surface area contributed by atoms with E-state index >= 15 is 0 Å². The molecule has 0 atom stereocenters. The number of thioether (sulfide) groups is 1. The molecule has 1 fully saturated rings. The van der Waals surface area contributed by atoms with Gasteiger partial charge in [-0.1, -0.05) is 18.2 Å². The first kappa shape index (κ1) is 22.9. The molecule has 1 N–H and O–H groups in total. The molecule has 2 aromatic rings. The lowest BCUT2D eigenvalue weighted by molar-refractivity contribution is -0.127. The molecule has 0 unspecified atom stereocenters. The Bertz CT molecular complexity index is 1110. The average molecular weight is 456 g/mol. The maximum atomic E-state index is 12.7. The zero-order valence-corrected chi connectivity index (χ0v) is 18.4. The van der Waals surface area contributed by atoms with Crippen molar-refractivity contribution < 1.29 is 33.4 Å². The molecule has 1 aliphatic heterocycles. The van der Waals surface area contributed by atoms with Gasteiger partial charge in [0, 0.05) is 0 Å². The first-order valence-corrected chi connectivity index (χ1v) is 10.1. The van der Waals surface area contributed by atoms with Gasteiger partial charge in [0.25, 0.3) is 11.1 Å². The van der Waals surface area contributed by atoms with Crippen molar-refractivity contribution in [2.24, 2.45) is 0 Å². The topological polar surface area (TPSA) is 111 Å². The minimum atomic E-state index is -0.629. The van der Waals surface area contributed by atoms with Crippen molar-refractivity contribution in [1.82, 2.24) is 4.90 Å². The Morgan fingerprint density at radius 3 is 2.44 bits per heavy atom. The second kappa shape index (κ2) is 10.0. The van der Waals surface area contributed by atoms with E-state index in [4.69, 9.17) is 14.2 Å². The zero-order chi connectivity index (χ0) is 23.3. The fraction of sp³-hybridized carbons (Fsp3) is 0.182. The van der Waals surface area contributed by atoms with Crippen LogP contribution >= 0.6 is 11.8 Å². The number of methoxy groups -OCH3 is 3. The van der Waals surface area contributed by atoms with E-state index in [0.29, 0.717) is 17.1 Å². The van der Waals surface area contributed by atoms with Crippen molar-refractivity contribution in [2.75, 3.05) is 33.2 Å². The lowest BCUT2D eigenvalue weighted by Crippen LogP contribution is -2.36. The maximum Gasteiger partial charge on any atom is 0.339 e. The van der Waals surface area contributed by atoms with Crippen molar-refractivity contribution in [2.45, 2.75) is 0 Å². The summed E-state index contributed by atoms with van der Waals surface area (Å²) >= 11 is 0.732. The number of amides is 3. The second-order valence-electron chi connectivity index (χ2n) is 6.47. The third kappa shape index (κ3) is 4.92. The fourth-order valence-corrected chi connectivity index (χ4v) is 3.78. The van der Waals surface area contributed by atoms with Crippen LogP contribution in [0, 0.1) is 0 Å². The van der Waals surface area contributed by atoms with Crippen LogP contribution < -0.4 is 14.8 Å². The second-order valence-corrected chi connectivity index (χ2v) is 7.46. The predicted octanol–water partition coefficient (Wildman–Crippen LogP) is 3.17. The summed E-state index contributed by atoms with van der Waals surface area (Å²) in [7, 11) is 4.23. The van der Waals surface area contributed by atoms with Crippen molar-refractivity contribution >= 4 is 46.5 Å². The molecule has 0 spiro atoms. The molecular weight excluding hydrogens is 436 g/mol. The van der Waals surface area contributed by atoms with Gasteiger partial charge in [-0.2, -0.15) is 0 Å². The van der Waals surface area contributed by atoms with E-state index < -0.39 is 29.6 Å². The van der Waals surface area contributed by atoms with Crippen molar-refractivity contribution in [3.05, 3.63) is 58.5 Å². The van der Waals surface area contributed by atoms with Crippen LogP contribution in [0.1, 0.15) is 15.9 Å². The summed E-state index contributed by atoms with van der Waals surface area (Å²) in [6, 6.07) is 11.3. The molecule has 0 aromatic heterocycles. The Hall–Kier alpha value is -3.79. The lowest BCUT2D eigenvalue weighted by Gasteiger charge is -2.14. The van der Waals surface area contributed by atoms with Gasteiger partial charge in [-0.05, 0) is 47.7 Å². The first-order chi connectivity index (χ1) is 15.4. The van der Waals surface area contributed by atoms with Crippen LogP contribution in [-0.4, -0.2) is 55.8 Å². The molecule has 166 valence electrons. The monoisotopic (exact) mass is 456 g/mol. The Morgan fingerprint density at radius 2 is 1.75 bits per heavy atom. The Labute approximate surface area is 188 Å². The number of carbonyl (C=O) groups excluding carboxylic acids is 4. The third-order valence-corrected chi connectivity index (χ3v) is 5.39. The number of esters is 1. The van der Waals surface area contributed by atoms with E-state index in [1.165, 1.54) is 39.5 Å². The van der Waals surface area contributed by atoms with Gasteiger partial charge in [-0.25, -0.2) is 4.79 Å². The number of ether oxygens (including phenoxy) is 3. The zero-order valence-electron chi connectivity index (χ0n) is 17.5. The molecule has 3 rings (SSSR count). The summed E-state index contributed by atoms with van der Waals surface area (Å²) in [4.78, 5) is 50.4. The largest absolute Gasteiger partial charge is 0.493 e. The van der Waals surface area contributed by atoms with E-state index in [1.54, 1.807) is 30.3 Å². The molecule has 0 aliphatic carbocycles. The van der Waals surface area contributed by atoms with Crippen molar-refractivity contribution in [3.8, 4) is 11.5 Å². The molecule has 0 radical (unpaired) electrons. The molecule has 9 nitrogen and oxygen atoms in total. The summed E-state index contributed by atoms with van der Waals surface area (Å²) in [5.41, 5.74) is 1.01. The van der Waals surface area contributed by atoms with Crippen LogP contribution in [0.15, 0.2) is 47.4 Å². The van der Waals surface area contributed by atoms with Crippen LogP contribution in [0.3, 0.4) is 0 Å². The standard InChI is InChI=1S/C22H20N2O7S/c1-29-16-9-8-13(10-17(16)30-2)11-18-20(26)24(22(28)32-18)12-19(25)23-15-7-5-4-6-14(15)21(27)31-3/h4-11H,12H2,1-3H3,(H,23,25)/b18-11-. The molecule has 1 aliphatic rings.